The van der Waals surface area contributed by atoms with E-state index in [0.717, 1.165) is 11.5 Å². The molecule has 0 spiro atoms. The number of carbonyl (C=O) groups is 1. The minimum absolute atomic E-state index is 0.320. The Hall–Kier alpha value is -2.81. The van der Waals surface area contributed by atoms with Crippen LogP contribution in [0.15, 0.2) is 47.6 Å². The van der Waals surface area contributed by atoms with Crippen LogP contribution < -0.4 is 4.74 Å². The highest BCUT2D eigenvalue weighted by molar-refractivity contribution is 5.83. The fraction of sp³-hybridized carbons (Fsp3) is 0.667. The van der Waals surface area contributed by atoms with Gasteiger partial charge in [0.15, 0.2) is 0 Å². The van der Waals surface area contributed by atoms with Gasteiger partial charge in [0, 0.05) is 17.2 Å². The van der Waals surface area contributed by atoms with Crippen LogP contribution in [0, 0.1) is 53.3 Å². The molecule has 3 nitrogen and oxygen atoms in total. The summed E-state index contributed by atoms with van der Waals surface area (Å²) in [5.74, 6) is 8.46. The largest absolute Gasteiger partial charge is 0.489 e. The summed E-state index contributed by atoms with van der Waals surface area (Å²) in [7, 11) is 1.42. The first-order chi connectivity index (χ1) is 25.7. The second-order valence-corrected chi connectivity index (χ2v) is 19.4. The van der Waals surface area contributed by atoms with Crippen molar-refractivity contribution in [1.82, 2.24) is 0 Å². The van der Waals surface area contributed by atoms with Crippen molar-refractivity contribution in [3.63, 3.8) is 0 Å². The minimum atomic E-state index is -0.320. The number of allylic oxidation sites excluding steroid dienone is 6. The van der Waals surface area contributed by atoms with Crippen LogP contribution >= 0.6 is 0 Å². The summed E-state index contributed by atoms with van der Waals surface area (Å²) in [6, 6.07) is 0. The Bertz CT molecular complexity index is 1600. The molecule has 0 radical (unpaired) electrons. The SMILES string of the molecule is COC(=O)/C=C(C)/C=C/C=C(C)/C=C/c1c(C2CC(C)CCC2C(C)C)c2c(c(C3CC(C)CCC3C(C)C)c1C1CC(C)CCC1C(C)C)OCC=C2. The lowest BCUT2D eigenvalue weighted by Crippen LogP contribution is -2.33. The summed E-state index contributed by atoms with van der Waals surface area (Å²) >= 11 is 0. The van der Waals surface area contributed by atoms with Gasteiger partial charge >= 0.3 is 5.97 Å². The standard InChI is InChI=1S/C51H76O3/c1-31(2)39-22-19-36(9)27-44(39)48-42(25-18-34(7)15-13-16-35(8)30-47(52)53-12)49(45-28-37(10)20-23-40(45)32(3)4)50(51-43(48)17-14-26-54-51)46-29-38(11)21-24-41(46)33(5)6/h13-18,25,30-33,36-41,44-46H,19-24,26-29H2,1-12H3/b16-13+,25-18+,34-15+,35-30+. The maximum atomic E-state index is 11.8. The van der Waals surface area contributed by atoms with Crippen LogP contribution in [-0.4, -0.2) is 19.7 Å². The van der Waals surface area contributed by atoms with Crippen LogP contribution in [0.25, 0.3) is 12.2 Å². The van der Waals surface area contributed by atoms with Crippen molar-refractivity contribution in [2.75, 3.05) is 13.7 Å². The van der Waals surface area contributed by atoms with Crippen molar-refractivity contribution in [3.05, 3.63) is 75.4 Å². The fourth-order valence-electron chi connectivity index (χ4n) is 11.3. The Morgan fingerprint density at radius 2 is 1.20 bits per heavy atom. The molecule has 54 heavy (non-hydrogen) atoms. The molecular weight excluding hydrogens is 661 g/mol. The summed E-state index contributed by atoms with van der Waals surface area (Å²) in [5, 5.41) is 0. The number of fused-ring (bicyclic) bond motifs is 1. The Kier molecular flexibility index (Phi) is 14.8. The molecule has 0 N–H and O–H groups in total. The average molecular weight is 737 g/mol. The van der Waals surface area contributed by atoms with Crippen LogP contribution in [0.2, 0.25) is 0 Å². The monoisotopic (exact) mass is 737 g/mol. The number of methoxy groups -OCH3 is 1. The van der Waals surface area contributed by atoms with Crippen molar-refractivity contribution >= 4 is 18.1 Å². The lowest BCUT2D eigenvalue weighted by molar-refractivity contribution is -0.134. The molecule has 1 aromatic rings. The van der Waals surface area contributed by atoms with Crippen LogP contribution in [0.1, 0.15) is 180 Å². The maximum absolute atomic E-state index is 11.8. The van der Waals surface area contributed by atoms with Crippen LogP contribution in [0.3, 0.4) is 0 Å². The zero-order valence-corrected chi connectivity index (χ0v) is 36.3. The first-order valence-electron chi connectivity index (χ1n) is 22.0. The van der Waals surface area contributed by atoms with Gasteiger partial charge in [-0.25, -0.2) is 4.79 Å². The Morgan fingerprint density at radius 3 is 1.70 bits per heavy atom. The molecular formula is C51H76O3. The molecule has 0 amide bonds. The van der Waals surface area contributed by atoms with Gasteiger partial charge in [-0.3, -0.25) is 0 Å². The van der Waals surface area contributed by atoms with Gasteiger partial charge < -0.3 is 9.47 Å². The zero-order chi connectivity index (χ0) is 39.3. The van der Waals surface area contributed by atoms with E-state index in [1.54, 1.807) is 22.8 Å². The van der Waals surface area contributed by atoms with E-state index in [4.69, 9.17) is 9.47 Å². The number of esters is 1. The van der Waals surface area contributed by atoms with Gasteiger partial charge in [0.1, 0.15) is 12.4 Å². The first-order valence-corrected chi connectivity index (χ1v) is 22.0. The lowest BCUT2D eigenvalue weighted by atomic mass is 9.59. The smallest absolute Gasteiger partial charge is 0.330 e. The predicted molar refractivity (Wildman–Crippen MR) is 231 cm³/mol. The molecule has 0 bridgehead atoms. The Morgan fingerprint density at radius 1 is 0.704 bits per heavy atom. The van der Waals surface area contributed by atoms with Crippen molar-refractivity contribution in [2.24, 2.45) is 53.3 Å². The van der Waals surface area contributed by atoms with E-state index < -0.39 is 0 Å². The van der Waals surface area contributed by atoms with E-state index in [0.29, 0.717) is 71.7 Å². The molecule has 3 saturated carbocycles. The third-order valence-electron chi connectivity index (χ3n) is 14.2. The average Bonchev–Trinajstić information content (AvgIpc) is 3.12. The fourth-order valence-corrected chi connectivity index (χ4v) is 11.3. The second-order valence-electron chi connectivity index (χ2n) is 19.4. The highest BCUT2D eigenvalue weighted by atomic mass is 16.5. The number of rotatable bonds is 11. The Labute approximate surface area is 331 Å². The van der Waals surface area contributed by atoms with Crippen LogP contribution in [-0.2, 0) is 9.53 Å². The van der Waals surface area contributed by atoms with E-state index in [2.05, 4.69) is 106 Å². The van der Waals surface area contributed by atoms with E-state index in [9.17, 15) is 4.79 Å². The third kappa shape index (κ3) is 9.76. The van der Waals surface area contributed by atoms with Crippen molar-refractivity contribution in [3.8, 4) is 5.75 Å². The number of ether oxygens (including phenoxy) is 2. The molecule has 9 atom stereocenters. The molecule has 1 heterocycles. The second kappa shape index (κ2) is 18.9. The molecule has 3 heteroatoms. The van der Waals surface area contributed by atoms with E-state index in [1.165, 1.54) is 87.3 Å². The summed E-state index contributed by atoms with van der Waals surface area (Å²) in [6.07, 6.45) is 29.2. The quantitative estimate of drug-likeness (QED) is 0.129. The summed E-state index contributed by atoms with van der Waals surface area (Å²) in [4.78, 5) is 11.8. The summed E-state index contributed by atoms with van der Waals surface area (Å²) in [5.41, 5.74) is 9.89. The molecule has 0 saturated heterocycles. The molecule has 3 aliphatic carbocycles. The predicted octanol–water partition coefficient (Wildman–Crippen LogP) is 14.3. The van der Waals surface area contributed by atoms with Crippen molar-refractivity contribution in [2.45, 2.75) is 152 Å². The normalized spacial score (nSPS) is 31.1. The zero-order valence-electron chi connectivity index (χ0n) is 36.3. The first kappa shape index (κ1) is 42.3. The Balaban J connectivity index is 1.86. The van der Waals surface area contributed by atoms with Gasteiger partial charge in [0.05, 0.1) is 7.11 Å². The summed E-state index contributed by atoms with van der Waals surface area (Å²) in [6.45, 7) is 27.3. The molecule has 1 aliphatic heterocycles. The van der Waals surface area contributed by atoms with Crippen molar-refractivity contribution in [1.29, 1.82) is 0 Å². The van der Waals surface area contributed by atoms with Gasteiger partial charge in [-0.1, -0.05) is 124 Å². The number of benzene rings is 1. The molecule has 298 valence electrons. The number of hydrogen-bond acceptors (Lipinski definition) is 3. The topological polar surface area (TPSA) is 35.5 Å². The molecule has 3 fully saturated rings. The van der Waals surface area contributed by atoms with Crippen LogP contribution in [0.5, 0.6) is 5.75 Å². The van der Waals surface area contributed by atoms with Gasteiger partial charge in [-0.15, -0.1) is 0 Å². The van der Waals surface area contributed by atoms with Gasteiger partial charge in [0.25, 0.3) is 0 Å². The number of hydrogen-bond donors (Lipinski definition) is 0. The molecule has 0 aromatic heterocycles. The maximum Gasteiger partial charge on any atom is 0.330 e. The van der Waals surface area contributed by atoms with E-state index in [1.807, 2.05) is 13.0 Å². The van der Waals surface area contributed by atoms with Crippen molar-refractivity contribution < 1.29 is 14.3 Å². The molecule has 4 aliphatic rings. The highest BCUT2D eigenvalue weighted by Gasteiger charge is 2.44. The van der Waals surface area contributed by atoms with Gasteiger partial charge in [0.2, 0.25) is 0 Å². The third-order valence-corrected chi connectivity index (χ3v) is 14.2. The highest BCUT2D eigenvalue weighted by Crippen LogP contribution is 2.58. The van der Waals surface area contributed by atoms with E-state index in [-0.39, 0.29) is 5.97 Å². The van der Waals surface area contributed by atoms with Gasteiger partial charge in [-0.2, -0.15) is 0 Å². The minimum Gasteiger partial charge on any atom is -0.489 e. The molecule has 1 aromatic carbocycles. The molecule has 5 rings (SSSR count). The van der Waals surface area contributed by atoms with E-state index >= 15 is 0 Å². The summed E-state index contributed by atoms with van der Waals surface area (Å²) < 4.78 is 11.9. The number of carbonyl (C=O) groups excluding carboxylic acids is 1. The molecule has 9 unspecified atom stereocenters. The lowest BCUT2D eigenvalue weighted by Gasteiger charge is -2.46. The van der Waals surface area contributed by atoms with Gasteiger partial charge in [-0.05, 0) is 152 Å². The van der Waals surface area contributed by atoms with Crippen LogP contribution in [0.4, 0.5) is 0 Å².